The van der Waals surface area contributed by atoms with Crippen LogP contribution in [0.5, 0.6) is 23.0 Å². The van der Waals surface area contributed by atoms with Crippen LogP contribution < -0.4 is 18.9 Å². The topological polar surface area (TPSA) is 58.5 Å². The van der Waals surface area contributed by atoms with Crippen molar-refractivity contribution in [3.8, 4) is 23.0 Å². The third kappa shape index (κ3) is 3.01. The summed E-state index contributed by atoms with van der Waals surface area (Å²) in [5, 5.41) is 4.90. The Labute approximate surface area is 156 Å². The molecule has 0 spiro atoms. The number of ether oxygens (including phenoxy) is 4. The van der Waals surface area contributed by atoms with Gasteiger partial charge in [0.2, 0.25) is 18.3 Å². The highest BCUT2D eigenvalue weighted by molar-refractivity contribution is 6.31. The van der Waals surface area contributed by atoms with Gasteiger partial charge in [0, 0.05) is 29.0 Å². The molecule has 136 valence electrons. The van der Waals surface area contributed by atoms with Gasteiger partial charge in [0.1, 0.15) is 6.10 Å². The molecule has 1 unspecified atom stereocenters. The van der Waals surface area contributed by atoms with E-state index in [-0.39, 0.29) is 12.9 Å². The Bertz CT molecular complexity index is 867. The van der Waals surface area contributed by atoms with Gasteiger partial charge in [-0.15, -0.1) is 0 Å². The molecule has 0 aliphatic carbocycles. The maximum Gasteiger partial charge on any atom is 0.231 e. The number of oxime groups is 1. The average molecular weight is 376 g/mol. The highest BCUT2D eigenvalue weighted by Gasteiger charge is 2.29. The van der Waals surface area contributed by atoms with Crippen molar-refractivity contribution in [3.63, 3.8) is 0 Å². The third-order valence-electron chi connectivity index (χ3n) is 4.40. The van der Waals surface area contributed by atoms with Gasteiger partial charge >= 0.3 is 0 Å². The van der Waals surface area contributed by atoms with E-state index in [0.717, 1.165) is 16.8 Å². The normalized spacial score (nSPS) is 17.7. The van der Waals surface area contributed by atoms with Crippen molar-refractivity contribution < 1.29 is 23.8 Å². The molecule has 1 atom stereocenters. The van der Waals surface area contributed by atoms with E-state index in [1.54, 1.807) is 14.2 Å². The molecule has 0 N–H and O–H groups in total. The van der Waals surface area contributed by atoms with E-state index in [4.69, 9.17) is 35.4 Å². The zero-order chi connectivity index (χ0) is 18.1. The third-order valence-corrected chi connectivity index (χ3v) is 4.63. The first-order valence-corrected chi connectivity index (χ1v) is 8.59. The zero-order valence-corrected chi connectivity index (χ0v) is 15.2. The lowest BCUT2D eigenvalue weighted by molar-refractivity contribution is 0.0853. The fourth-order valence-electron chi connectivity index (χ4n) is 3.23. The first-order chi connectivity index (χ1) is 12.7. The molecule has 2 aliphatic heterocycles. The van der Waals surface area contributed by atoms with E-state index in [1.807, 2.05) is 30.3 Å². The van der Waals surface area contributed by atoms with Gasteiger partial charge < -0.3 is 23.8 Å². The standard InChI is InChI=1S/C19H18ClNO5/c1-22-17-12(8-16-18(19(17)23-2)25-10-24-16)7-14-9-15(21-26-14)11-4-3-5-13(20)6-11/h3-6,8,14H,7,9-10H2,1-2H3. The molecule has 0 fully saturated rings. The second-order valence-corrected chi connectivity index (χ2v) is 6.46. The number of rotatable bonds is 5. The van der Waals surface area contributed by atoms with Crippen LogP contribution in [-0.2, 0) is 11.3 Å². The number of hydrogen-bond donors (Lipinski definition) is 0. The van der Waals surface area contributed by atoms with Crippen molar-refractivity contribution in [2.75, 3.05) is 21.0 Å². The predicted molar refractivity (Wildman–Crippen MR) is 96.9 cm³/mol. The highest BCUT2D eigenvalue weighted by Crippen LogP contribution is 2.49. The number of methoxy groups -OCH3 is 2. The SMILES string of the molecule is COc1c(CC2CC(c3cccc(Cl)c3)=NO2)cc2c(c1OC)OCO2. The van der Waals surface area contributed by atoms with Crippen LogP contribution in [0, 0.1) is 0 Å². The minimum Gasteiger partial charge on any atom is -0.492 e. The first-order valence-electron chi connectivity index (χ1n) is 8.21. The van der Waals surface area contributed by atoms with Gasteiger partial charge in [0.05, 0.1) is 19.9 Å². The molecule has 2 aromatic rings. The van der Waals surface area contributed by atoms with Crippen LogP contribution in [0.4, 0.5) is 0 Å². The Balaban J connectivity index is 1.56. The molecule has 0 aromatic heterocycles. The van der Waals surface area contributed by atoms with Crippen LogP contribution in [0.15, 0.2) is 35.5 Å². The van der Waals surface area contributed by atoms with Crippen LogP contribution in [-0.4, -0.2) is 32.8 Å². The average Bonchev–Trinajstić information content (AvgIpc) is 3.29. The minimum atomic E-state index is -0.108. The molecule has 0 amide bonds. The molecule has 2 aliphatic rings. The van der Waals surface area contributed by atoms with Crippen molar-refractivity contribution in [1.82, 2.24) is 0 Å². The van der Waals surface area contributed by atoms with Crippen molar-refractivity contribution in [1.29, 1.82) is 0 Å². The van der Waals surface area contributed by atoms with Crippen molar-refractivity contribution in [2.45, 2.75) is 18.9 Å². The van der Waals surface area contributed by atoms with Gasteiger partial charge in [-0.3, -0.25) is 0 Å². The summed E-state index contributed by atoms with van der Waals surface area (Å²) in [6.07, 6.45) is 1.17. The second kappa shape index (κ2) is 6.96. The predicted octanol–water partition coefficient (Wildman–Crippen LogP) is 3.82. The Morgan fingerprint density at radius 3 is 2.77 bits per heavy atom. The summed E-state index contributed by atoms with van der Waals surface area (Å²) >= 11 is 6.06. The molecule has 2 aromatic carbocycles. The van der Waals surface area contributed by atoms with Crippen molar-refractivity contribution in [2.24, 2.45) is 5.16 Å². The van der Waals surface area contributed by atoms with Gasteiger partial charge in [0.25, 0.3) is 0 Å². The second-order valence-electron chi connectivity index (χ2n) is 6.02. The molecule has 0 saturated heterocycles. The van der Waals surface area contributed by atoms with Gasteiger partial charge in [-0.25, -0.2) is 0 Å². The lowest BCUT2D eigenvalue weighted by Crippen LogP contribution is -2.13. The summed E-state index contributed by atoms with van der Waals surface area (Å²) < 4.78 is 22.0. The summed E-state index contributed by atoms with van der Waals surface area (Å²) in [7, 11) is 3.18. The summed E-state index contributed by atoms with van der Waals surface area (Å²) in [5.74, 6) is 2.37. The Hall–Kier alpha value is -2.60. The quantitative estimate of drug-likeness (QED) is 0.795. The number of fused-ring (bicyclic) bond motifs is 1. The summed E-state index contributed by atoms with van der Waals surface area (Å²) in [6, 6.07) is 9.50. The Morgan fingerprint density at radius 2 is 2.00 bits per heavy atom. The van der Waals surface area contributed by atoms with E-state index in [2.05, 4.69) is 5.16 Å². The van der Waals surface area contributed by atoms with Crippen LogP contribution >= 0.6 is 11.6 Å². The zero-order valence-electron chi connectivity index (χ0n) is 14.5. The van der Waals surface area contributed by atoms with Gasteiger partial charge in [-0.1, -0.05) is 28.9 Å². The first kappa shape index (κ1) is 16.8. The van der Waals surface area contributed by atoms with E-state index in [1.165, 1.54) is 0 Å². The highest BCUT2D eigenvalue weighted by atomic mass is 35.5. The molecule has 7 heteroatoms. The Morgan fingerprint density at radius 1 is 1.15 bits per heavy atom. The number of halogens is 1. The smallest absolute Gasteiger partial charge is 0.231 e. The van der Waals surface area contributed by atoms with Crippen molar-refractivity contribution >= 4 is 17.3 Å². The van der Waals surface area contributed by atoms with Crippen molar-refractivity contribution in [3.05, 3.63) is 46.5 Å². The monoisotopic (exact) mass is 375 g/mol. The molecular formula is C19H18ClNO5. The molecule has 4 rings (SSSR count). The minimum absolute atomic E-state index is 0.108. The van der Waals surface area contributed by atoms with Gasteiger partial charge in [-0.05, 0) is 18.2 Å². The molecule has 0 radical (unpaired) electrons. The van der Waals surface area contributed by atoms with Crippen LogP contribution in [0.1, 0.15) is 17.5 Å². The summed E-state index contributed by atoms with van der Waals surface area (Å²) in [5.41, 5.74) is 2.76. The molecule has 0 saturated carbocycles. The fourth-order valence-corrected chi connectivity index (χ4v) is 3.42. The maximum absolute atomic E-state index is 6.06. The molecule has 0 bridgehead atoms. The van der Waals surface area contributed by atoms with E-state index in [9.17, 15) is 0 Å². The molecule has 2 heterocycles. The Kier molecular flexibility index (Phi) is 4.51. The molecule has 6 nitrogen and oxygen atoms in total. The van der Waals surface area contributed by atoms with Crippen LogP contribution in [0.25, 0.3) is 0 Å². The number of hydrogen-bond acceptors (Lipinski definition) is 6. The lowest BCUT2D eigenvalue weighted by atomic mass is 9.99. The summed E-state index contributed by atoms with van der Waals surface area (Å²) in [4.78, 5) is 5.63. The van der Waals surface area contributed by atoms with Gasteiger partial charge in [0.15, 0.2) is 11.5 Å². The fraction of sp³-hybridized carbons (Fsp3) is 0.316. The number of nitrogens with zero attached hydrogens (tertiary/aromatic N) is 1. The maximum atomic E-state index is 6.06. The largest absolute Gasteiger partial charge is 0.492 e. The van der Waals surface area contributed by atoms with E-state index in [0.29, 0.717) is 40.9 Å². The van der Waals surface area contributed by atoms with E-state index >= 15 is 0 Å². The lowest BCUT2D eigenvalue weighted by Gasteiger charge is -2.16. The molecule has 26 heavy (non-hydrogen) atoms. The van der Waals surface area contributed by atoms with Crippen LogP contribution in [0.2, 0.25) is 5.02 Å². The van der Waals surface area contributed by atoms with Crippen LogP contribution in [0.3, 0.4) is 0 Å². The van der Waals surface area contributed by atoms with E-state index < -0.39 is 0 Å². The van der Waals surface area contributed by atoms with Gasteiger partial charge in [-0.2, -0.15) is 0 Å². The molecular weight excluding hydrogens is 358 g/mol. The number of benzene rings is 2. The summed E-state index contributed by atoms with van der Waals surface area (Å²) in [6.45, 7) is 0.167.